The van der Waals surface area contributed by atoms with Gasteiger partial charge in [0, 0.05) is 13.0 Å². The predicted molar refractivity (Wildman–Crippen MR) is 169 cm³/mol. The third-order valence-corrected chi connectivity index (χ3v) is 7.93. The smallest absolute Gasteiger partial charge is 0.306 e. The molecule has 0 aliphatic carbocycles. The number of esters is 1. The summed E-state index contributed by atoms with van der Waals surface area (Å²) in [7, 11) is 0. The Balaban J connectivity index is 2.34. The Bertz CT molecular complexity index is 672. The van der Waals surface area contributed by atoms with Gasteiger partial charge in [0.15, 0.2) is 6.29 Å². The molecular formula is C34H64O9. The normalized spacial score (nSPS) is 23.2. The highest BCUT2D eigenvalue weighted by Crippen LogP contribution is 2.22. The second-order valence-corrected chi connectivity index (χ2v) is 12.0. The van der Waals surface area contributed by atoms with Gasteiger partial charge in [-0.05, 0) is 38.5 Å². The zero-order chi connectivity index (χ0) is 31.5. The third kappa shape index (κ3) is 19.8. The summed E-state index contributed by atoms with van der Waals surface area (Å²) in [5, 5.41) is 39.7. The minimum atomic E-state index is -1.53. The van der Waals surface area contributed by atoms with Crippen molar-refractivity contribution in [3.05, 3.63) is 12.2 Å². The zero-order valence-electron chi connectivity index (χ0n) is 27.2. The van der Waals surface area contributed by atoms with Crippen molar-refractivity contribution < 1.29 is 44.2 Å². The summed E-state index contributed by atoms with van der Waals surface area (Å²) in [6.07, 6.45) is 18.3. The van der Waals surface area contributed by atoms with Gasteiger partial charge in [0.2, 0.25) is 0 Å². The summed E-state index contributed by atoms with van der Waals surface area (Å²) in [5.41, 5.74) is 0. The first-order valence-electron chi connectivity index (χ1n) is 17.3. The summed E-state index contributed by atoms with van der Waals surface area (Å²) < 4.78 is 22.5. The van der Waals surface area contributed by atoms with Crippen molar-refractivity contribution in [3.8, 4) is 0 Å². The predicted octanol–water partition coefficient (Wildman–Crippen LogP) is 5.74. The summed E-state index contributed by atoms with van der Waals surface area (Å²) in [6, 6.07) is 0. The maximum absolute atomic E-state index is 12.6. The van der Waals surface area contributed by atoms with Crippen LogP contribution in [0.2, 0.25) is 0 Å². The Hall–Kier alpha value is -1.07. The quantitative estimate of drug-likeness (QED) is 0.0493. The van der Waals surface area contributed by atoms with Gasteiger partial charge in [-0.1, -0.05) is 103 Å². The van der Waals surface area contributed by atoms with Gasteiger partial charge in [-0.3, -0.25) is 4.79 Å². The van der Waals surface area contributed by atoms with Crippen LogP contribution in [0.5, 0.6) is 0 Å². The van der Waals surface area contributed by atoms with Crippen LogP contribution in [0.3, 0.4) is 0 Å². The van der Waals surface area contributed by atoms with Crippen LogP contribution in [0.25, 0.3) is 0 Å². The molecule has 1 saturated heterocycles. The van der Waals surface area contributed by atoms with Crippen molar-refractivity contribution in [2.45, 2.75) is 173 Å². The van der Waals surface area contributed by atoms with Crippen LogP contribution < -0.4 is 0 Å². The van der Waals surface area contributed by atoms with E-state index in [4.69, 9.17) is 18.9 Å². The number of aliphatic hydroxyl groups excluding tert-OH is 4. The molecule has 1 rings (SSSR count). The van der Waals surface area contributed by atoms with Crippen LogP contribution in [-0.2, 0) is 23.7 Å². The van der Waals surface area contributed by atoms with Gasteiger partial charge >= 0.3 is 5.97 Å². The number of ether oxygens (including phenoxy) is 4. The summed E-state index contributed by atoms with van der Waals surface area (Å²) in [5.74, 6) is -0.326. The Kier molecular flexibility index (Phi) is 25.3. The lowest BCUT2D eigenvalue weighted by molar-refractivity contribution is -0.305. The molecule has 0 saturated carbocycles. The van der Waals surface area contributed by atoms with E-state index >= 15 is 0 Å². The second-order valence-electron chi connectivity index (χ2n) is 12.0. The van der Waals surface area contributed by atoms with Gasteiger partial charge in [0.1, 0.15) is 30.5 Å². The van der Waals surface area contributed by atoms with E-state index in [-0.39, 0.29) is 19.2 Å². The van der Waals surface area contributed by atoms with E-state index in [0.717, 1.165) is 44.9 Å². The number of carbonyl (C=O) groups excluding carboxylic acids is 1. The van der Waals surface area contributed by atoms with Crippen LogP contribution in [0.1, 0.15) is 136 Å². The molecule has 0 amide bonds. The molecule has 0 aromatic heterocycles. The summed E-state index contributed by atoms with van der Waals surface area (Å²) in [4.78, 5) is 12.6. The highest BCUT2D eigenvalue weighted by Gasteiger charge is 2.44. The van der Waals surface area contributed by atoms with Crippen molar-refractivity contribution in [1.29, 1.82) is 0 Å². The first-order valence-corrected chi connectivity index (χ1v) is 17.3. The number of hydrogen-bond donors (Lipinski definition) is 4. The fourth-order valence-electron chi connectivity index (χ4n) is 5.13. The highest BCUT2D eigenvalue weighted by molar-refractivity contribution is 5.69. The first-order chi connectivity index (χ1) is 20.9. The van der Waals surface area contributed by atoms with Gasteiger partial charge in [-0.25, -0.2) is 0 Å². The van der Waals surface area contributed by atoms with Gasteiger partial charge in [-0.15, -0.1) is 0 Å². The SMILES string of the molecule is CCCCCCC/C=C\CCCCCCCC(=O)OC(COCCCCCCCC)COC1OC(CO)C(O)C(O)C1O. The molecule has 1 aliphatic heterocycles. The maximum atomic E-state index is 12.6. The zero-order valence-corrected chi connectivity index (χ0v) is 27.2. The molecule has 6 unspecified atom stereocenters. The standard InChI is InChI=1S/C34H64O9/c1-3-5-7-9-11-12-13-14-15-16-17-18-19-21-23-30(36)42-28(26-40-24-22-20-10-8-6-4-2)27-41-34-33(39)32(38)31(37)29(25-35)43-34/h13-14,28-29,31-35,37-39H,3-12,15-27H2,1-2H3/b14-13-. The molecule has 0 spiro atoms. The molecule has 1 aliphatic rings. The van der Waals surface area contributed by atoms with E-state index < -0.39 is 43.4 Å². The number of aliphatic hydroxyl groups is 4. The second kappa shape index (κ2) is 27.3. The molecule has 6 atom stereocenters. The molecule has 0 bridgehead atoms. The van der Waals surface area contributed by atoms with Gasteiger partial charge < -0.3 is 39.4 Å². The van der Waals surface area contributed by atoms with Crippen molar-refractivity contribution in [3.63, 3.8) is 0 Å². The molecule has 9 heteroatoms. The molecular weight excluding hydrogens is 552 g/mol. The Morgan fingerprint density at radius 1 is 0.721 bits per heavy atom. The minimum absolute atomic E-state index is 0.114. The topological polar surface area (TPSA) is 135 Å². The van der Waals surface area contributed by atoms with E-state index in [9.17, 15) is 25.2 Å². The Morgan fingerprint density at radius 2 is 1.28 bits per heavy atom. The molecule has 0 radical (unpaired) electrons. The Morgan fingerprint density at radius 3 is 1.88 bits per heavy atom. The molecule has 0 aromatic carbocycles. The van der Waals surface area contributed by atoms with Crippen LogP contribution in [-0.4, -0.2) is 89.6 Å². The van der Waals surface area contributed by atoms with E-state index in [1.165, 1.54) is 70.6 Å². The molecule has 43 heavy (non-hydrogen) atoms. The van der Waals surface area contributed by atoms with Gasteiger partial charge in [-0.2, -0.15) is 0 Å². The minimum Gasteiger partial charge on any atom is -0.457 e. The van der Waals surface area contributed by atoms with Crippen molar-refractivity contribution in [2.75, 3.05) is 26.4 Å². The molecule has 4 N–H and O–H groups in total. The number of carbonyl (C=O) groups is 1. The van der Waals surface area contributed by atoms with Crippen LogP contribution in [0, 0.1) is 0 Å². The summed E-state index contributed by atoms with van der Waals surface area (Å²) in [6.45, 7) is 4.47. The van der Waals surface area contributed by atoms with Crippen LogP contribution in [0.4, 0.5) is 0 Å². The highest BCUT2D eigenvalue weighted by atomic mass is 16.7. The van der Waals surface area contributed by atoms with Crippen molar-refractivity contribution in [2.24, 2.45) is 0 Å². The number of hydrogen-bond acceptors (Lipinski definition) is 9. The molecule has 9 nitrogen and oxygen atoms in total. The van der Waals surface area contributed by atoms with Crippen molar-refractivity contribution in [1.82, 2.24) is 0 Å². The third-order valence-electron chi connectivity index (χ3n) is 7.93. The lowest BCUT2D eigenvalue weighted by atomic mass is 9.99. The average molecular weight is 617 g/mol. The fourth-order valence-corrected chi connectivity index (χ4v) is 5.13. The molecule has 1 heterocycles. The number of rotatable bonds is 28. The first kappa shape index (κ1) is 40.0. The summed E-state index contributed by atoms with van der Waals surface area (Å²) >= 11 is 0. The van der Waals surface area contributed by atoms with Crippen LogP contribution in [0.15, 0.2) is 12.2 Å². The molecule has 254 valence electrons. The molecule has 0 aromatic rings. The van der Waals surface area contributed by atoms with E-state index in [0.29, 0.717) is 13.0 Å². The van der Waals surface area contributed by atoms with E-state index in [1.807, 2.05) is 0 Å². The van der Waals surface area contributed by atoms with Gasteiger partial charge in [0.05, 0.1) is 19.8 Å². The lowest BCUT2D eigenvalue weighted by Crippen LogP contribution is -2.59. The molecule has 1 fully saturated rings. The van der Waals surface area contributed by atoms with Crippen LogP contribution >= 0.6 is 0 Å². The van der Waals surface area contributed by atoms with E-state index in [2.05, 4.69) is 26.0 Å². The van der Waals surface area contributed by atoms with E-state index in [1.54, 1.807) is 0 Å². The maximum Gasteiger partial charge on any atom is 0.306 e. The average Bonchev–Trinajstić information content (AvgIpc) is 3.00. The van der Waals surface area contributed by atoms with Crippen molar-refractivity contribution >= 4 is 5.97 Å². The monoisotopic (exact) mass is 616 g/mol. The number of allylic oxidation sites excluding steroid dienone is 2. The largest absolute Gasteiger partial charge is 0.457 e. The Labute approximate surface area is 261 Å². The lowest BCUT2D eigenvalue weighted by Gasteiger charge is -2.39. The number of unbranched alkanes of at least 4 members (excludes halogenated alkanes) is 15. The fraction of sp³-hybridized carbons (Fsp3) is 0.912. The van der Waals surface area contributed by atoms with Gasteiger partial charge in [0.25, 0.3) is 0 Å².